The third kappa shape index (κ3) is 4.20. The summed E-state index contributed by atoms with van der Waals surface area (Å²) >= 11 is 6.10. The van der Waals surface area contributed by atoms with Gasteiger partial charge in [0.05, 0.1) is 6.10 Å². The fraction of sp³-hybridized carbons (Fsp3) is 0.625. The van der Waals surface area contributed by atoms with Crippen molar-refractivity contribution in [3.63, 3.8) is 0 Å². The molecule has 106 valence electrons. The van der Waals surface area contributed by atoms with Crippen LogP contribution in [0.4, 0.5) is 0 Å². The van der Waals surface area contributed by atoms with E-state index in [9.17, 15) is 0 Å². The highest BCUT2D eigenvalue weighted by Gasteiger charge is 2.18. The second-order valence-corrected chi connectivity index (χ2v) is 5.74. The van der Waals surface area contributed by atoms with Gasteiger partial charge in [0.1, 0.15) is 0 Å². The summed E-state index contributed by atoms with van der Waals surface area (Å²) in [5.74, 6) is 0. The summed E-state index contributed by atoms with van der Waals surface area (Å²) in [6.07, 6.45) is 5.17. The van der Waals surface area contributed by atoms with Gasteiger partial charge in [-0.3, -0.25) is 0 Å². The number of hydrogen-bond donors (Lipinski definition) is 1. The molecular formula is C16H24ClNO. The van der Waals surface area contributed by atoms with Crippen LogP contribution in [-0.4, -0.2) is 19.3 Å². The second-order valence-electron chi connectivity index (χ2n) is 5.33. The summed E-state index contributed by atoms with van der Waals surface area (Å²) < 4.78 is 5.71. The van der Waals surface area contributed by atoms with Crippen molar-refractivity contribution in [2.24, 2.45) is 0 Å². The maximum absolute atomic E-state index is 6.10. The molecule has 1 saturated heterocycles. The summed E-state index contributed by atoms with van der Waals surface area (Å²) in [6, 6.07) is 6.75. The Balaban J connectivity index is 1.99. The normalized spacial score (nSPS) is 20.7. The Labute approximate surface area is 121 Å². The fourth-order valence-corrected chi connectivity index (χ4v) is 2.86. The lowest BCUT2D eigenvalue weighted by Gasteiger charge is -2.21. The molecule has 1 aliphatic rings. The molecule has 0 bridgehead atoms. The van der Waals surface area contributed by atoms with Gasteiger partial charge in [-0.15, -0.1) is 0 Å². The molecular weight excluding hydrogens is 258 g/mol. The highest BCUT2D eigenvalue weighted by Crippen LogP contribution is 2.26. The first-order valence-electron chi connectivity index (χ1n) is 7.31. The zero-order valence-corrected chi connectivity index (χ0v) is 12.7. The van der Waals surface area contributed by atoms with Gasteiger partial charge < -0.3 is 10.1 Å². The summed E-state index contributed by atoms with van der Waals surface area (Å²) in [4.78, 5) is 0. The second kappa shape index (κ2) is 7.28. The first-order chi connectivity index (χ1) is 9.20. The van der Waals surface area contributed by atoms with Crippen LogP contribution >= 0.6 is 11.6 Å². The third-order valence-corrected chi connectivity index (χ3v) is 4.26. The molecule has 0 amide bonds. The van der Waals surface area contributed by atoms with Crippen LogP contribution in [0.1, 0.15) is 49.8 Å². The molecule has 2 atom stereocenters. The predicted octanol–water partition coefficient (Wildman–Crippen LogP) is 4.26. The van der Waals surface area contributed by atoms with E-state index >= 15 is 0 Å². The number of rotatable bonds is 6. The Morgan fingerprint density at radius 2 is 2.32 bits per heavy atom. The van der Waals surface area contributed by atoms with E-state index in [1.54, 1.807) is 0 Å². The van der Waals surface area contributed by atoms with E-state index in [2.05, 4.69) is 31.3 Å². The lowest BCUT2D eigenvalue weighted by molar-refractivity contribution is 0.0996. The molecule has 3 heteroatoms. The van der Waals surface area contributed by atoms with E-state index in [1.807, 2.05) is 6.07 Å². The smallest absolute Gasteiger partial charge is 0.0576 e. The molecule has 0 spiro atoms. The monoisotopic (exact) mass is 281 g/mol. The molecule has 1 aliphatic heterocycles. The SMILES string of the molecule is CCNC(CCC1CCCO1)c1ccc(Cl)c(C)c1. The van der Waals surface area contributed by atoms with Gasteiger partial charge in [0.2, 0.25) is 0 Å². The van der Waals surface area contributed by atoms with Crippen LogP contribution in [0.15, 0.2) is 18.2 Å². The van der Waals surface area contributed by atoms with Crippen LogP contribution in [0.5, 0.6) is 0 Å². The summed E-state index contributed by atoms with van der Waals surface area (Å²) in [5.41, 5.74) is 2.49. The summed E-state index contributed by atoms with van der Waals surface area (Å²) in [5, 5.41) is 4.42. The molecule has 2 nitrogen and oxygen atoms in total. The highest BCUT2D eigenvalue weighted by atomic mass is 35.5. The molecule has 0 aliphatic carbocycles. The Kier molecular flexibility index (Phi) is 5.68. The summed E-state index contributed by atoms with van der Waals surface area (Å²) in [6.45, 7) is 6.14. The quantitative estimate of drug-likeness (QED) is 0.841. The van der Waals surface area contributed by atoms with Gasteiger partial charge in [-0.25, -0.2) is 0 Å². The first kappa shape index (κ1) is 14.8. The Hall–Kier alpha value is -0.570. The molecule has 0 radical (unpaired) electrons. The Morgan fingerprint density at radius 3 is 2.95 bits per heavy atom. The van der Waals surface area contributed by atoms with E-state index < -0.39 is 0 Å². The lowest BCUT2D eigenvalue weighted by Crippen LogP contribution is -2.22. The molecule has 19 heavy (non-hydrogen) atoms. The zero-order valence-electron chi connectivity index (χ0n) is 11.9. The topological polar surface area (TPSA) is 21.3 Å². The molecule has 1 fully saturated rings. The zero-order chi connectivity index (χ0) is 13.7. The van der Waals surface area contributed by atoms with Crippen molar-refractivity contribution in [2.45, 2.75) is 51.7 Å². The van der Waals surface area contributed by atoms with Crippen LogP contribution in [0.3, 0.4) is 0 Å². The van der Waals surface area contributed by atoms with Gasteiger partial charge in [-0.2, -0.15) is 0 Å². The maximum atomic E-state index is 6.10. The van der Waals surface area contributed by atoms with E-state index in [-0.39, 0.29) is 0 Å². The first-order valence-corrected chi connectivity index (χ1v) is 7.69. The Morgan fingerprint density at radius 1 is 1.47 bits per heavy atom. The van der Waals surface area contributed by atoms with Crippen molar-refractivity contribution in [1.29, 1.82) is 0 Å². The van der Waals surface area contributed by atoms with E-state index in [0.29, 0.717) is 12.1 Å². The molecule has 1 heterocycles. The minimum atomic E-state index is 0.408. The molecule has 2 unspecified atom stereocenters. The van der Waals surface area contributed by atoms with Crippen LogP contribution in [-0.2, 0) is 4.74 Å². The average Bonchev–Trinajstić information content (AvgIpc) is 2.91. The average molecular weight is 282 g/mol. The third-order valence-electron chi connectivity index (χ3n) is 3.84. The van der Waals surface area contributed by atoms with E-state index in [0.717, 1.165) is 36.6 Å². The van der Waals surface area contributed by atoms with Crippen LogP contribution < -0.4 is 5.32 Å². The molecule has 0 saturated carbocycles. The predicted molar refractivity (Wildman–Crippen MR) is 80.8 cm³/mol. The van der Waals surface area contributed by atoms with Crippen molar-refractivity contribution in [3.8, 4) is 0 Å². The molecule has 1 aromatic carbocycles. The van der Waals surface area contributed by atoms with Gasteiger partial charge in [0.15, 0.2) is 0 Å². The van der Waals surface area contributed by atoms with E-state index in [4.69, 9.17) is 16.3 Å². The van der Waals surface area contributed by atoms with Gasteiger partial charge >= 0.3 is 0 Å². The van der Waals surface area contributed by atoms with Crippen molar-refractivity contribution in [2.75, 3.05) is 13.2 Å². The molecule has 1 aromatic rings. The fourth-order valence-electron chi connectivity index (χ4n) is 2.74. The van der Waals surface area contributed by atoms with E-state index in [1.165, 1.54) is 18.4 Å². The number of nitrogens with one attached hydrogen (secondary N) is 1. The number of benzene rings is 1. The number of halogens is 1. The molecule has 0 aromatic heterocycles. The van der Waals surface area contributed by atoms with Crippen molar-refractivity contribution < 1.29 is 4.74 Å². The van der Waals surface area contributed by atoms with Gasteiger partial charge in [0, 0.05) is 17.7 Å². The number of hydrogen-bond acceptors (Lipinski definition) is 2. The van der Waals surface area contributed by atoms with Gasteiger partial charge in [-0.1, -0.05) is 30.7 Å². The largest absolute Gasteiger partial charge is 0.378 e. The number of aryl methyl sites for hydroxylation is 1. The highest BCUT2D eigenvalue weighted by molar-refractivity contribution is 6.31. The number of ether oxygens (including phenoxy) is 1. The molecule has 2 rings (SSSR count). The van der Waals surface area contributed by atoms with Crippen LogP contribution in [0.2, 0.25) is 5.02 Å². The van der Waals surface area contributed by atoms with Gasteiger partial charge in [-0.05, 0) is 56.3 Å². The van der Waals surface area contributed by atoms with Crippen LogP contribution in [0.25, 0.3) is 0 Å². The lowest BCUT2D eigenvalue weighted by atomic mass is 9.98. The minimum absolute atomic E-state index is 0.408. The van der Waals surface area contributed by atoms with Gasteiger partial charge in [0.25, 0.3) is 0 Å². The maximum Gasteiger partial charge on any atom is 0.0576 e. The standard InChI is InChI=1S/C16H24ClNO/c1-3-18-16(9-7-14-5-4-10-19-14)13-6-8-15(17)12(2)11-13/h6,8,11,14,16,18H,3-5,7,9-10H2,1-2H3. The van der Waals surface area contributed by atoms with Crippen LogP contribution in [0, 0.1) is 6.92 Å². The Bertz CT molecular complexity index is 402. The van der Waals surface area contributed by atoms with Crippen molar-refractivity contribution >= 4 is 11.6 Å². The van der Waals surface area contributed by atoms with Crippen molar-refractivity contribution in [3.05, 3.63) is 34.3 Å². The molecule has 1 N–H and O–H groups in total. The minimum Gasteiger partial charge on any atom is -0.378 e. The van der Waals surface area contributed by atoms with Crippen molar-refractivity contribution in [1.82, 2.24) is 5.32 Å². The summed E-state index contributed by atoms with van der Waals surface area (Å²) in [7, 11) is 0.